The first-order valence-electron chi connectivity index (χ1n) is 18.2. The number of para-hydroxylation sites is 4. The Morgan fingerprint density at radius 1 is 0.377 bits per heavy atom. The Kier molecular flexibility index (Phi) is 6.38. The van der Waals surface area contributed by atoms with Crippen LogP contribution in [-0.4, -0.2) is 0 Å². The van der Waals surface area contributed by atoms with Crippen molar-refractivity contribution in [1.29, 1.82) is 0 Å². The molecule has 1 aliphatic carbocycles. The van der Waals surface area contributed by atoms with E-state index < -0.39 is 5.41 Å². The van der Waals surface area contributed by atoms with E-state index in [1.807, 2.05) is 12.1 Å². The third-order valence-corrected chi connectivity index (χ3v) is 11.4. The van der Waals surface area contributed by atoms with Crippen LogP contribution in [0.4, 0.5) is 17.1 Å². The number of anilines is 3. The summed E-state index contributed by atoms with van der Waals surface area (Å²) in [6.07, 6.45) is 0. The molecule has 3 heteroatoms. The highest BCUT2D eigenvalue weighted by atomic mass is 16.3. The van der Waals surface area contributed by atoms with Crippen LogP contribution in [-0.2, 0) is 5.41 Å². The Hall–Kier alpha value is -6.84. The molecule has 1 aliphatic rings. The zero-order chi connectivity index (χ0) is 35.1. The minimum absolute atomic E-state index is 0.395. The van der Waals surface area contributed by atoms with Gasteiger partial charge < -0.3 is 13.7 Å². The van der Waals surface area contributed by atoms with Gasteiger partial charge in [0.1, 0.15) is 11.2 Å². The summed E-state index contributed by atoms with van der Waals surface area (Å²) in [6.45, 7) is 2.35. The first-order chi connectivity index (χ1) is 26.2. The molecular weight excluding hydrogens is 647 g/mol. The van der Waals surface area contributed by atoms with Gasteiger partial charge in [-0.15, -0.1) is 0 Å². The minimum atomic E-state index is -0.395. The normalized spacial score (nSPS) is 13.2. The maximum atomic E-state index is 7.24. The van der Waals surface area contributed by atoms with Crippen LogP contribution in [0.1, 0.15) is 23.6 Å². The average Bonchev–Trinajstić information content (AvgIpc) is 3.88. The summed E-state index contributed by atoms with van der Waals surface area (Å²) < 4.78 is 13.9. The fraction of sp³-hybridized carbons (Fsp3) is 0.0400. The molecule has 53 heavy (non-hydrogen) atoms. The first kappa shape index (κ1) is 29.8. The number of hydrogen-bond acceptors (Lipinski definition) is 3. The van der Waals surface area contributed by atoms with E-state index in [1.165, 1.54) is 27.8 Å². The molecule has 10 aromatic rings. The lowest BCUT2D eigenvalue weighted by molar-refractivity contribution is 0.638. The molecule has 0 saturated carbocycles. The van der Waals surface area contributed by atoms with Crippen LogP contribution in [0.3, 0.4) is 0 Å². The molecule has 0 bridgehead atoms. The predicted molar refractivity (Wildman–Crippen MR) is 219 cm³/mol. The van der Waals surface area contributed by atoms with Crippen molar-refractivity contribution in [2.24, 2.45) is 0 Å². The topological polar surface area (TPSA) is 29.5 Å². The number of hydrogen-bond donors (Lipinski definition) is 0. The van der Waals surface area contributed by atoms with Gasteiger partial charge in [-0.2, -0.15) is 0 Å². The zero-order valence-electron chi connectivity index (χ0n) is 29.1. The smallest absolute Gasteiger partial charge is 0.159 e. The van der Waals surface area contributed by atoms with Gasteiger partial charge in [0.25, 0.3) is 0 Å². The summed E-state index contributed by atoms with van der Waals surface area (Å²) in [5.74, 6) is 0. The van der Waals surface area contributed by atoms with Gasteiger partial charge in [0.15, 0.2) is 11.2 Å². The SMILES string of the molecule is CC1(c2cccc3c2oc2c(N(c4ccc(-c5ccccc5)cc4)c4cccc5c4oc4ccccc45)cccc23)c2ccccc2-c2ccccc21. The molecule has 3 nitrogen and oxygen atoms in total. The van der Waals surface area contributed by atoms with Crippen molar-refractivity contribution < 1.29 is 8.83 Å². The minimum Gasteiger partial charge on any atom is -0.454 e. The van der Waals surface area contributed by atoms with Gasteiger partial charge in [0, 0.05) is 38.2 Å². The van der Waals surface area contributed by atoms with Gasteiger partial charge in [0.05, 0.1) is 11.4 Å². The summed E-state index contributed by atoms with van der Waals surface area (Å²) in [5, 5.41) is 4.35. The van der Waals surface area contributed by atoms with Gasteiger partial charge in [-0.3, -0.25) is 0 Å². The third kappa shape index (κ3) is 4.28. The summed E-state index contributed by atoms with van der Waals surface area (Å²) in [5.41, 5.74) is 14.6. The van der Waals surface area contributed by atoms with E-state index in [2.05, 4.69) is 182 Å². The highest BCUT2D eigenvalue weighted by molar-refractivity contribution is 6.14. The van der Waals surface area contributed by atoms with E-state index in [9.17, 15) is 0 Å². The van der Waals surface area contributed by atoms with Crippen LogP contribution in [0, 0.1) is 0 Å². The fourth-order valence-corrected chi connectivity index (χ4v) is 8.87. The highest BCUT2D eigenvalue weighted by Gasteiger charge is 2.42. The first-order valence-corrected chi connectivity index (χ1v) is 18.2. The maximum absolute atomic E-state index is 7.24. The second-order valence-corrected chi connectivity index (χ2v) is 14.2. The highest BCUT2D eigenvalue weighted by Crippen LogP contribution is 2.55. The second kappa shape index (κ2) is 11.3. The van der Waals surface area contributed by atoms with E-state index in [-0.39, 0.29) is 0 Å². The van der Waals surface area contributed by atoms with Crippen LogP contribution in [0.5, 0.6) is 0 Å². The lowest BCUT2D eigenvalue weighted by atomic mass is 9.74. The molecule has 0 atom stereocenters. The second-order valence-electron chi connectivity index (χ2n) is 14.2. The van der Waals surface area contributed by atoms with Gasteiger partial charge in [0.2, 0.25) is 0 Å². The Bertz CT molecular complexity index is 2980. The lowest BCUT2D eigenvalue weighted by Crippen LogP contribution is -2.22. The van der Waals surface area contributed by atoms with Crippen molar-refractivity contribution >= 4 is 60.9 Å². The molecule has 11 rings (SSSR count). The number of benzene rings is 8. The maximum Gasteiger partial charge on any atom is 0.159 e. The monoisotopic (exact) mass is 679 g/mol. The molecule has 0 radical (unpaired) electrons. The van der Waals surface area contributed by atoms with Crippen LogP contribution < -0.4 is 4.90 Å². The number of fused-ring (bicyclic) bond motifs is 9. The van der Waals surface area contributed by atoms with Gasteiger partial charge in [-0.1, -0.05) is 152 Å². The van der Waals surface area contributed by atoms with Crippen LogP contribution in [0.25, 0.3) is 66.1 Å². The Morgan fingerprint density at radius 3 is 1.57 bits per heavy atom. The molecule has 0 spiro atoms. The van der Waals surface area contributed by atoms with Crippen molar-refractivity contribution in [3.63, 3.8) is 0 Å². The molecule has 8 aromatic carbocycles. The van der Waals surface area contributed by atoms with Crippen molar-refractivity contribution in [1.82, 2.24) is 0 Å². The van der Waals surface area contributed by atoms with E-state index in [1.54, 1.807) is 0 Å². The molecule has 0 unspecified atom stereocenters. The van der Waals surface area contributed by atoms with Crippen LogP contribution >= 0.6 is 0 Å². The van der Waals surface area contributed by atoms with Crippen molar-refractivity contribution in [3.8, 4) is 22.3 Å². The Morgan fingerprint density at radius 2 is 0.868 bits per heavy atom. The Balaban J connectivity index is 1.17. The van der Waals surface area contributed by atoms with Crippen molar-refractivity contribution in [3.05, 3.63) is 199 Å². The number of rotatable bonds is 5. The molecule has 0 N–H and O–H groups in total. The van der Waals surface area contributed by atoms with E-state index >= 15 is 0 Å². The fourth-order valence-electron chi connectivity index (χ4n) is 8.87. The number of nitrogens with zero attached hydrogens (tertiary/aromatic N) is 1. The van der Waals surface area contributed by atoms with Gasteiger partial charge in [-0.05, 0) is 70.6 Å². The van der Waals surface area contributed by atoms with Crippen LogP contribution in [0.2, 0.25) is 0 Å². The zero-order valence-corrected chi connectivity index (χ0v) is 29.1. The van der Waals surface area contributed by atoms with Gasteiger partial charge >= 0.3 is 0 Å². The van der Waals surface area contributed by atoms with Gasteiger partial charge in [-0.25, -0.2) is 0 Å². The molecule has 2 aromatic heterocycles. The summed E-state index contributed by atoms with van der Waals surface area (Å²) in [4.78, 5) is 2.30. The molecule has 250 valence electrons. The summed E-state index contributed by atoms with van der Waals surface area (Å²) in [7, 11) is 0. The lowest BCUT2D eigenvalue weighted by Gasteiger charge is -2.28. The molecule has 0 fully saturated rings. The molecule has 0 amide bonds. The molecule has 0 aliphatic heterocycles. The number of furan rings is 2. The molecule has 0 saturated heterocycles. The predicted octanol–water partition coefficient (Wildman–Crippen LogP) is 14.0. The molecule has 2 heterocycles. The Labute approximate surface area is 307 Å². The van der Waals surface area contributed by atoms with Crippen LogP contribution in [0.15, 0.2) is 191 Å². The van der Waals surface area contributed by atoms with E-state index in [4.69, 9.17) is 8.83 Å². The third-order valence-electron chi connectivity index (χ3n) is 11.4. The largest absolute Gasteiger partial charge is 0.454 e. The molecular formula is C50H33NO2. The summed E-state index contributed by atoms with van der Waals surface area (Å²) >= 11 is 0. The standard InChI is InChI=1S/C50H33NO2/c1-50(41-22-8-5-16-35(41)36-17-6-9-23-42(36)50)43-24-11-19-39-40-21-13-26-45(49(40)53-47(39)43)51(34-30-28-33(29-31-34)32-14-3-2-4-15-32)44-25-12-20-38-37-18-7-10-27-46(37)52-48(38)44/h2-31H,1H3. The summed E-state index contributed by atoms with van der Waals surface area (Å²) in [6, 6.07) is 64.7. The quantitative estimate of drug-likeness (QED) is 0.181. The van der Waals surface area contributed by atoms with E-state index in [0.717, 1.165) is 72.1 Å². The average molecular weight is 680 g/mol. The van der Waals surface area contributed by atoms with E-state index in [0.29, 0.717) is 0 Å². The van der Waals surface area contributed by atoms with Crippen molar-refractivity contribution in [2.75, 3.05) is 4.90 Å². The van der Waals surface area contributed by atoms with Crippen molar-refractivity contribution in [2.45, 2.75) is 12.3 Å².